The highest BCUT2D eigenvalue weighted by Crippen LogP contribution is 2.36. The molecule has 0 spiro atoms. The van der Waals surface area contributed by atoms with Crippen LogP contribution in [0.15, 0.2) is 60.7 Å². The zero-order valence-corrected chi connectivity index (χ0v) is 16.2. The van der Waals surface area contributed by atoms with Crippen molar-refractivity contribution in [1.82, 2.24) is 5.32 Å². The zero-order chi connectivity index (χ0) is 19.2. The standard InChI is InChI=1S/C23H29NO3/c1-3-23(26-2,20-12-8-5-9-13-20)18-24-21(25)22(14-16-27-17-15-22)19-10-6-4-7-11-19/h4-13H,3,14-18H2,1-2H3,(H,24,25). The third-order valence-corrected chi connectivity index (χ3v) is 5.90. The highest BCUT2D eigenvalue weighted by atomic mass is 16.5. The Morgan fingerprint density at radius 3 is 2.22 bits per heavy atom. The van der Waals surface area contributed by atoms with Crippen molar-refractivity contribution in [3.05, 3.63) is 71.8 Å². The molecule has 1 fully saturated rings. The Hall–Kier alpha value is -2.17. The summed E-state index contributed by atoms with van der Waals surface area (Å²) in [6.07, 6.45) is 2.16. The van der Waals surface area contributed by atoms with Gasteiger partial charge in [-0.25, -0.2) is 0 Å². The van der Waals surface area contributed by atoms with Gasteiger partial charge in [0, 0.05) is 20.3 Å². The van der Waals surface area contributed by atoms with Crippen molar-refractivity contribution in [3.63, 3.8) is 0 Å². The molecule has 4 heteroatoms. The molecule has 144 valence electrons. The lowest BCUT2D eigenvalue weighted by atomic mass is 9.73. The van der Waals surface area contributed by atoms with Crippen LogP contribution < -0.4 is 5.32 Å². The summed E-state index contributed by atoms with van der Waals surface area (Å²) in [4.78, 5) is 13.4. The molecule has 1 unspecified atom stereocenters. The van der Waals surface area contributed by atoms with Gasteiger partial charge in [0.1, 0.15) is 5.60 Å². The highest BCUT2D eigenvalue weighted by molar-refractivity contribution is 5.88. The van der Waals surface area contributed by atoms with Crippen molar-refractivity contribution in [3.8, 4) is 0 Å². The fourth-order valence-electron chi connectivity index (χ4n) is 4.02. The molecule has 1 heterocycles. The molecule has 1 aliphatic heterocycles. The summed E-state index contributed by atoms with van der Waals surface area (Å²) in [7, 11) is 1.71. The van der Waals surface area contributed by atoms with E-state index in [2.05, 4.69) is 24.4 Å². The van der Waals surface area contributed by atoms with Crippen LogP contribution in [-0.4, -0.2) is 32.8 Å². The number of ether oxygens (including phenoxy) is 2. The lowest BCUT2D eigenvalue weighted by Gasteiger charge is -2.38. The lowest BCUT2D eigenvalue weighted by Crippen LogP contribution is -2.51. The smallest absolute Gasteiger partial charge is 0.230 e. The second-order valence-corrected chi connectivity index (χ2v) is 7.16. The number of carbonyl (C=O) groups is 1. The summed E-state index contributed by atoms with van der Waals surface area (Å²) in [5.74, 6) is 0.0582. The average molecular weight is 367 g/mol. The fraction of sp³-hybridized carbons (Fsp3) is 0.435. The molecule has 1 atom stereocenters. The minimum absolute atomic E-state index is 0.0582. The molecule has 0 aliphatic carbocycles. The molecule has 1 N–H and O–H groups in total. The predicted octanol–water partition coefficient (Wildman–Crippen LogP) is 3.80. The van der Waals surface area contributed by atoms with E-state index in [1.54, 1.807) is 7.11 Å². The van der Waals surface area contributed by atoms with Gasteiger partial charge in [-0.2, -0.15) is 0 Å². The number of carbonyl (C=O) groups excluding carboxylic acids is 1. The summed E-state index contributed by atoms with van der Waals surface area (Å²) in [5, 5.41) is 3.21. The van der Waals surface area contributed by atoms with Gasteiger partial charge in [0.25, 0.3) is 0 Å². The number of benzene rings is 2. The average Bonchev–Trinajstić information content (AvgIpc) is 2.76. The normalized spacial score (nSPS) is 18.4. The summed E-state index contributed by atoms with van der Waals surface area (Å²) >= 11 is 0. The van der Waals surface area contributed by atoms with Crippen molar-refractivity contribution in [2.75, 3.05) is 26.9 Å². The first-order chi connectivity index (χ1) is 13.2. The van der Waals surface area contributed by atoms with E-state index in [9.17, 15) is 4.79 Å². The molecule has 4 nitrogen and oxygen atoms in total. The van der Waals surface area contributed by atoms with Crippen molar-refractivity contribution in [2.24, 2.45) is 0 Å². The Morgan fingerprint density at radius 1 is 1.07 bits per heavy atom. The van der Waals surface area contributed by atoms with E-state index in [-0.39, 0.29) is 5.91 Å². The van der Waals surface area contributed by atoms with Crippen LogP contribution in [0.5, 0.6) is 0 Å². The second kappa shape index (κ2) is 8.68. The quantitative estimate of drug-likeness (QED) is 0.810. The molecule has 0 saturated carbocycles. The van der Waals surface area contributed by atoms with Crippen LogP contribution in [-0.2, 0) is 25.3 Å². The summed E-state index contributed by atoms with van der Waals surface area (Å²) < 4.78 is 11.5. The van der Waals surface area contributed by atoms with E-state index in [1.807, 2.05) is 48.5 Å². The molecule has 1 saturated heterocycles. The molecule has 1 amide bonds. The molecule has 27 heavy (non-hydrogen) atoms. The Kier molecular flexibility index (Phi) is 6.30. The maximum atomic E-state index is 13.4. The molecule has 0 radical (unpaired) electrons. The van der Waals surface area contributed by atoms with Gasteiger partial charge >= 0.3 is 0 Å². The van der Waals surface area contributed by atoms with E-state index in [4.69, 9.17) is 9.47 Å². The van der Waals surface area contributed by atoms with Gasteiger partial charge in [-0.1, -0.05) is 67.6 Å². The van der Waals surface area contributed by atoms with Crippen LogP contribution in [0.3, 0.4) is 0 Å². The van der Waals surface area contributed by atoms with Gasteiger partial charge in [-0.3, -0.25) is 4.79 Å². The lowest BCUT2D eigenvalue weighted by molar-refractivity contribution is -0.132. The van der Waals surface area contributed by atoms with Crippen molar-refractivity contribution < 1.29 is 14.3 Å². The van der Waals surface area contributed by atoms with Crippen molar-refractivity contribution >= 4 is 5.91 Å². The number of hydrogen-bond acceptors (Lipinski definition) is 3. The highest BCUT2D eigenvalue weighted by Gasteiger charge is 2.42. The first-order valence-corrected chi connectivity index (χ1v) is 9.69. The Bertz CT molecular complexity index is 720. The number of rotatable bonds is 7. The minimum Gasteiger partial charge on any atom is -0.381 e. The minimum atomic E-state index is -0.538. The molecule has 0 aromatic heterocycles. The Morgan fingerprint density at radius 2 is 1.67 bits per heavy atom. The van der Waals surface area contributed by atoms with Crippen LogP contribution in [0.4, 0.5) is 0 Å². The third-order valence-electron chi connectivity index (χ3n) is 5.90. The molecular formula is C23H29NO3. The van der Waals surface area contributed by atoms with E-state index >= 15 is 0 Å². The van der Waals surface area contributed by atoms with Gasteiger partial charge in [0.15, 0.2) is 0 Å². The van der Waals surface area contributed by atoms with Gasteiger partial charge in [0.2, 0.25) is 5.91 Å². The number of amides is 1. The van der Waals surface area contributed by atoms with Crippen LogP contribution in [0, 0.1) is 0 Å². The van der Waals surface area contributed by atoms with Crippen LogP contribution in [0.1, 0.15) is 37.3 Å². The van der Waals surface area contributed by atoms with Crippen molar-refractivity contribution in [2.45, 2.75) is 37.2 Å². The molecule has 2 aromatic rings. The van der Waals surface area contributed by atoms with Gasteiger partial charge in [-0.15, -0.1) is 0 Å². The first-order valence-electron chi connectivity index (χ1n) is 9.69. The van der Waals surface area contributed by atoms with E-state index in [1.165, 1.54) is 0 Å². The molecule has 2 aromatic carbocycles. The SMILES string of the molecule is CCC(CNC(=O)C1(c2ccccc2)CCOCC1)(OC)c1ccccc1. The molecule has 1 aliphatic rings. The maximum absolute atomic E-state index is 13.4. The van der Waals surface area contributed by atoms with Gasteiger partial charge in [0.05, 0.1) is 12.0 Å². The Balaban J connectivity index is 1.83. The van der Waals surface area contributed by atoms with E-state index < -0.39 is 11.0 Å². The molecule has 3 rings (SSSR count). The summed E-state index contributed by atoms with van der Waals surface area (Å²) in [6, 6.07) is 20.2. The topological polar surface area (TPSA) is 47.6 Å². The van der Waals surface area contributed by atoms with E-state index in [0.29, 0.717) is 32.6 Å². The van der Waals surface area contributed by atoms with Crippen LogP contribution >= 0.6 is 0 Å². The van der Waals surface area contributed by atoms with E-state index in [0.717, 1.165) is 17.5 Å². The van der Waals surface area contributed by atoms with Crippen molar-refractivity contribution in [1.29, 1.82) is 0 Å². The summed E-state index contributed by atoms with van der Waals surface area (Å²) in [6.45, 7) is 3.73. The number of methoxy groups -OCH3 is 1. The molecule has 0 bridgehead atoms. The number of nitrogens with one attached hydrogen (secondary N) is 1. The van der Waals surface area contributed by atoms with Crippen LogP contribution in [0.2, 0.25) is 0 Å². The monoisotopic (exact) mass is 367 g/mol. The van der Waals surface area contributed by atoms with Crippen LogP contribution in [0.25, 0.3) is 0 Å². The first kappa shape index (κ1) is 19.6. The maximum Gasteiger partial charge on any atom is 0.230 e. The number of hydrogen-bond donors (Lipinski definition) is 1. The summed E-state index contributed by atoms with van der Waals surface area (Å²) in [5.41, 5.74) is 1.07. The molecular weight excluding hydrogens is 338 g/mol. The largest absolute Gasteiger partial charge is 0.381 e. The Labute approximate surface area is 161 Å². The fourth-order valence-corrected chi connectivity index (χ4v) is 4.02. The zero-order valence-electron chi connectivity index (χ0n) is 16.2. The predicted molar refractivity (Wildman–Crippen MR) is 107 cm³/mol. The van der Waals surface area contributed by atoms with Gasteiger partial charge < -0.3 is 14.8 Å². The van der Waals surface area contributed by atoms with Gasteiger partial charge in [-0.05, 0) is 30.4 Å². The second-order valence-electron chi connectivity index (χ2n) is 7.16. The third kappa shape index (κ3) is 3.92.